The summed E-state index contributed by atoms with van der Waals surface area (Å²) in [4.78, 5) is 11.9. The van der Waals surface area contributed by atoms with Crippen molar-refractivity contribution in [2.45, 2.75) is 26.8 Å². The number of carbonyl (C=O) groups excluding carboxylic acids is 1. The highest BCUT2D eigenvalue weighted by atomic mass is 16.5. The van der Waals surface area contributed by atoms with E-state index in [0.717, 1.165) is 17.5 Å². The average molecular weight is 339 g/mol. The van der Waals surface area contributed by atoms with Crippen molar-refractivity contribution in [3.8, 4) is 11.5 Å². The van der Waals surface area contributed by atoms with E-state index < -0.39 is 0 Å². The van der Waals surface area contributed by atoms with Gasteiger partial charge in [-0.15, -0.1) is 0 Å². The molecule has 0 aliphatic carbocycles. The number of methoxy groups -OCH3 is 1. The van der Waals surface area contributed by atoms with Crippen LogP contribution in [0.4, 0.5) is 0 Å². The molecule has 0 fully saturated rings. The highest BCUT2D eigenvalue weighted by Crippen LogP contribution is 2.26. The van der Waals surface area contributed by atoms with E-state index in [0.29, 0.717) is 18.2 Å². The highest BCUT2D eigenvalue weighted by molar-refractivity contribution is 5.91. The van der Waals surface area contributed by atoms with E-state index in [-0.39, 0.29) is 11.7 Å². The van der Waals surface area contributed by atoms with Crippen molar-refractivity contribution in [3.05, 3.63) is 65.2 Å². The van der Waals surface area contributed by atoms with Gasteiger partial charge in [0.05, 0.1) is 7.11 Å². The van der Waals surface area contributed by atoms with Crippen LogP contribution in [0.5, 0.6) is 11.5 Å². The van der Waals surface area contributed by atoms with Gasteiger partial charge in [-0.1, -0.05) is 44.2 Å². The number of ether oxygens (including phenoxy) is 1. The molecule has 0 bridgehead atoms. The zero-order valence-electron chi connectivity index (χ0n) is 15.0. The molecule has 0 saturated heterocycles. The molecule has 25 heavy (non-hydrogen) atoms. The number of hydrogen-bond donors (Lipinski definition) is 2. The SMILES string of the molecule is COc1cc(CNC(=O)C=Cc2ccc(CC(C)C)cc2)ccc1O. The smallest absolute Gasteiger partial charge is 0.244 e. The maximum atomic E-state index is 11.9. The van der Waals surface area contributed by atoms with Crippen molar-refractivity contribution in [2.75, 3.05) is 7.11 Å². The molecule has 0 spiro atoms. The van der Waals surface area contributed by atoms with Gasteiger partial charge in [0.25, 0.3) is 0 Å². The molecule has 0 unspecified atom stereocenters. The van der Waals surface area contributed by atoms with E-state index in [4.69, 9.17) is 4.74 Å². The first-order chi connectivity index (χ1) is 12.0. The summed E-state index contributed by atoms with van der Waals surface area (Å²) in [5.41, 5.74) is 3.15. The zero-order chi connectivity index (χ0) is 18.2. The lowest BCUT2D eigenvalue weighted by atomic mass is 10.0. The third kappa shape index (κ3) is 5.99. The molecule has 1 amide bonds. The van der Waals surface area contributed by atoms with Crippen LogP contribution in [-0.2, 0) is 17.8 Å². The lowest BCUT2D eigenvalue weighted by molar-refractivity contribution is -0.116. The van der Waals surface area contributed by atoms with E-state index in [2.05, 4.69) is 31.3 Å². The van der Waals surface area contributed by atoms with Crippen LogP contribution >= 0.6 is 0 Å². The zero-order valence-corrected chi connectivity index (χ0v) is 15.0. The first-order valence-electron chi connectivity index (χ1n) is 8.38. The number of amides is 1. The maximum absolute atomic E-state index is 11.9. The monoisotopic (exact) mass is 339 g/mol. The van der Waals surface area contributed by atoms with Gasteiger partial charge < -0.3 is 15.2 Å². The first-order valence-corrected chi connectivity index (χ1v) is 8.38. The van der Waals surface area contributed by atoms with Crippen LogP contribution in [0.15, 0.2) is 48.5 Å². The average Bonchev–Trinajstić information content (AvgIpc) is 2.60. The Bertz CT molecular complexity index is 733. The van der Waals surface area contributed by atoms with Crippen molar-refractivity contribution in [2.24, 2.45) is 5.92 Å². The summed E-state index contributed by atoms with van der Waals surface area (Å²) in [6.07, 6.45) is 4.38. The Morgan fingerprint density at radius 3 is 2.48 bits per heavy atom. The summed E-state index contributed by atoms with van der Waals surface area (Å²) in [5, 5.41) is 12.4. The number of nitrogens with one attached hydrogen (secondary N) is 1. The standard InChI is InChI=1S/C21H25NO3/c1-15(2)12-17-6-4-16(5-7-17)9-11-21(24)22-14-18-8-10-19(23)20(13-18)25-3/h4-11,13,15,23H,12,14H2,1-3H3,(H,22,24). The molecule has 132 valence electrons. The van der Waals surface area contributed by atoms with Crippen molar-refractivity contribution in [3.63, 3.8) is 0 Å². The minimum absolute atomic E-state index is 0.0818. The Kier molecular flexibility index (Phi) is 6.63. The first kappa shape index (κ1) is 18.6. The molecule has 2 N–H and O–H groups in total. The Morgan fingerprint density at radius 1 is 1.16 bits per heavy atom. The fourth-order valence-corrected chi connectivity index (χ4v) is 2.49. The minimum atomic E-state index is -0.168. The molecule has 0 atom stereocenters. The number of rotatable bonds is 7. The van der Waals surface area contributed by atoms with Gasteiger partial charge in [0.1, 0.15) is 0 Å². The molecule has 2 aromatic rings. The minimum Gasteiger partial charge on any atom is -0.504 e. The Hall–Kier alpha value is -2.75. The van der Waals surface area contributed by atoms with Crippen molar-refractivity contribution < 1.29 is 14.6 Å². The Balaban J connectivity index is 1.88. The van der Waals surface area contributed by atoms with Crippen LogP contribution < -0.4 is 10.1 Å². The fourth-order valence-electron chi connectivity index (χ4n) is 2.49. The van der Waals surface area contributed by atoms with E-state index in [1.165, 1.54) is 18.7 Å². The molecule has 2 aromatic carbocycles. The number of hydrogen-bond acceptors (Lipinski definition) is 3. The van der Waals surface area contributed by atoms with Crippen molar-refractivity contribution >= 4 is 12.0 Å². The third-order valence-electron chi connectivity index (χ3n) is 3.76. The van der Waals surface area contributed by atoms with Gasteiger partial charge in [-0.05, 0) is 47.2 Å². The van der Waals surface area contributed by atoms with Crippen molar-refractivity contribution in [1.29, 1.82) is 0 Å². The van der Waals surface area contributed by atoms with E-state index in [9.17, 15) is 9.90 Å². The third-order valence-corrected chi connectivity index (χ3v) is 3.76. The molecule has 0 aromatic heterocycles. The maximum Gasteiger partial charge on any atom is 0.244 e. The molecule has 0 saturated carbocycles. The summed E-state index contributed by atoms with van der Waals surface area (Å²) in [6, 6.07) is 13.2. The summed E-state index contributed by atoms with van der Waals surface area (Å²) >= 11 is 0. The summed E-state index contributed by atoms with van der Waals surface area (Å²) in [5.74, 6) is 0.936. The van der Waals surface area contributed by atoms with Crippen LogP contribution in [0, 0.1) is 5.92 Å². The number of phenolic OH excluding ortho intramolecular Hbond substituents is 1. The Morgan fingerprint density at radius 2 is 1.84 bits per heavy atom. The lowest BCUT2D eigenvalue weighted by Crippen LogP contribution is -2.20. The summed E-state index contributed by atoms with van der Waals surface area (Å²) < 4.78 is 5.05. The van der Waals surface area contributed by atoms with Crippen LogP contribution in [0.1, 0.15) is 30.5 Å². The van der Waals surface area contributed by atoms with Gasteiger partial charge in [-0.2, -0.15) is 0 Å². The van der Waals surface area contributed by atoms with Gasteiger partial charge in [-0.3, -0.25) is 4.79 Å². The van der Waals surface area contributed by atoms with Gasteiger partial charge >= 0.3 is 0 Å². The fraction of sp³-hybridized carbons (Fsp3) is 0.286. The van der Waals surface area contributed by atoms with Gasteiger partial charge in [-0.25, -0.2) is 0 Å². The molecule has 0 radical (unpaired) electrons. The van der Waals surface area contributed by atoms with Gasteiger partial charge in [0.15, 0.2) is 11.5 Å². The molecular weight excluding hydrogens is 314 g/mol. The normalized spacial score (nSPS) is 11.0. The van der Waals surface area contributed by atoms with Crippen LogP contribution in [0.2, 0.25) is 0 Å². The lowest BCUT2D eigenvalue weighted by Gasteiger charge is -2.07. The number of phenols is 1. The molecule has 0 aliphatic rings. The van der Waals surface area contributed by atoms with Gasteiger partial charge in [0, 0.05) is 12.6 Å². The number of aromatic hydroxyl groups is 1. The predicted octanol–water partition coefficient (Wildman–Crippen LogP) is 3.93. The molecular formula is C21H25NO3. The number of benzene rings is 2. The predicted molar refractivity (Wildman–Crippen MR) is 101 cm³/mol. The molecule has 4 nitrogen and oxygen atoms in total. The quantitative estimate of drug-likeness (QED) is 0.752. The topological polar surface area (TPSA) is 58.6 Å². The van der Waals surface area contributed by atoms with Crippen molar-refractivity contribution in [1.82, 2.24) is 5.32 Å². The molecule has 4 heteroatoms. The molecule has 0 aliphatic heterocycles. The Labute approximate surface area is 149 Å². The van der Waals surface area contributed by atoms with Gasteiger partial charge in [0.2, 0.25) is 5.91 Å². The largest absolute Gasteiger partial charge is 0.504 e. The van der Waals surface area contributed by atoms with Crippen LogP contribution in [0.25, 0.3) is 6.08 Å². The second kappa shape index (κ2) is 8.92. The number of carbonyl (C=O) groups is 1. The highest BCUT2D eigenvalue weighted by Gasteiger charge is 2.03. The summed E-state index contributed by atoms with van der Waals surface area (Å²) in [6.45, 7) is 4.76. The van der Waals surface area contributed by atoms with E-state index in [1.54, 1.807) is 24.3 Å². The van der Waals surface area contributed by atoms with Crippen LogP contribution in [-0.4, -0.2) is 18.1 Å². The van der Waals surface area contributed by atoms with E-state index in [1.807, 2.05) is 12.1 Å². The molecule has 0 heterocycles. The van der Waals surface area contributed by atoms with Crippen LogP contribution in [0.3, 0.4) is 0 Å². The second-order valence-electron chi connectivity index (χ2n) is 6.40. The molecule has 2 rings (SSSR count). The second-order valence-corrected chi connectivity index (χ2v) is 6.40. The summed E-state index contributed by atoms with van der Waals surface area (Å²) in [7, 11) is 1.49. The van der Waals surface area contributed by atoms with E-state index >= 15 is 0 Å².